The van der Waals surface area contributed by atoms with E-state index in [-0.39, 0.29) is 36.7 Å². The molecular formula is C29H42N4O7. The van der Waals surface area contributed by atoms with Crippen molar-refractivity contribution in [1.29, 1.82) is 0 Å². The van der Waals surface area contributed by atoms with Crippen LogP contribution in [0.3, 0.4) is 0 Å². The minimum atomic E-state index is -1.33. The van der Waals surface area contributed by atoms with Crippen molar-refractivity contribution in [2.24, 2.45) is 0 Å². The lowest BCUT2D eigenvalue weighted by molar-refractivity contribution is -0.144. The third-order valence-electron chi connectivity index (χ3n) is 7.94. The van der Waals surface area contributed by atoms with Gasteiger partial charge in [0, 0.05) is 19.4 Å². The summed E-state index contributed by atoms with van der Waals surface area (Å²) < 4.78 is 0. The molecule has 1 aromatic rings. The smallest absolute Gasteiger partial charge is 0.246 e. The van der Waals surface area contributed by atoms with Gasteiger partial charge in [-0.3, -0.25) is 24.0 Å². The molecule has 1 aromatic carbocycles. The van der Waals surface area contributed by atoms with Gasteiger partial charge in [-0.25, -0.2) is 0 Å². The topological polar surface area (TPSA) is 165 Å². The zero-order chi connectivity index (χ0) is 29.4. The van der Waals surface area contributed by atoms with Crippen molar-refractivity contribution >= 4 is 29.4 Å². The first kappa shape index (κ1) is 31.1. The molecule has 11 nitrogen and oxygen atoms in total. The molecule has 11 heteroatoms. The fourth-order valence-corrected chi connectivity index (χ4v) is 5.12. The minimum Gasteiger partial charge on any atom is -0.508 e. The molecule has 2 aliphatic rings. The Morgan fingerprint density at radius 1 is 1.05 bits per heavy atom. The van der Waals surface area contributed by atoms with E-state index >= 15 is 0 Å². The highest BCUT2D eigenvalue weighted by Gasteiger charge is 2.43. The predicted molar refractivity (Wildman–Crippen MR) is 147 cm³/mol. The molecular weight excluding hydrogens is 516 g/mol. The number of carbonyl (C=O) groups excluding carboxylic acids is 5. The van der Waals surface area contributed by atoms with E-state index in [1.54, 1.807) is 26.0 Å². The molecule has 220 valence electrons. The molecule has 0 bridgehead atoms. The quantitative estimate of drug-likeness (QED) is 0.268. The van der Waals surface area contributed by atoms with Crippen LogP contribution in [0.15, 0.2) is 24.3 Å². The van der Waals surface area contributed by atoms with Crippen LogP contribution in [-0.2, 0) is 30.4 Å². The summed E-state index contributed by atoms with van der Waals surface area (Å²) in [5, 5.41) is 27.5. The van der Waals surface area contributed by atoms with Gasteiger partial charge in [-0.1, -0.05) is 31.9 Å². The van der Waals surface area contributed by atoms with Gasteiger partial charge in [0.1, 0.15) is 35.5 Å². The number of benzene rings is 1. The number of aromatic hydroxyl groups is 1. The maximum Gasteiger partial charge on any atom is 0.246 e. The lowest BCUT2D eigenvalue weighted by atomic mass is 9.94. The number of hydrogen-bond acceptors (Lipinski definition) is 7. The molecule has 0 saturated carbocycles. The summed E-state index contributed by atoms with van der Waals surface area (Å²) >= 11 is 0. The van der Waals surface area contributed by atoms with E-state index in [9.17, 15) is 34.2 Å². The number of Topliss-reactive ketones (excluding diaryl/α,β-unsaturated/α-hetero) is 1. The highest BCUT2D eigenvalue weighted by molar-refractivity contribution is 5.99. The van der Waals surface area contributed by atoms with Crippen molar-refractivity contribution in [2.45, 2.75) is 108 Å². The second-order valence-corrected chi connectivity index (χ2v) is 11.1. The zero-order valence-electron chi connectivity index (χ0n) is 23.6. The number of fused-ring (bicyclic) bond motifs is 1. The number of hydrogen-bond donors (Lipinski definition) is 5. The van der Waals surface area contributed by atoms with E-state index in [0.29, 0.717) is 45.1 Å². The van der Waals surface area contributed by atoms with Crippen LogP contribution < -0.4 is 16.0 Å². The van der Waals surface area contributed by atoms with Crippen LogP contribution in [0.1, 0.15) is 77.7 Å². The normalized spacial score (nSPS) is 26.6. The number of nitrogens with zero attached hydrogens (tertiary/aromatic N) is 1. The van der Waals surface area contributed by atoms with Crippen LogP contribution in [0.2, 0.25) is 0 Å². The molecule has 40 heavy (non-hydrogen) atoms. The number of rotatable bonds is 10. The first-order chi connectivity index (χ1) is 18.9. The number of nitrogens with one attached hydrogen (secondary N) is 3. The maximum absolute atomic E-state index is 13.7. The third-order valence-corrected chi connectivity index (χ3v) is 7.94. The van der Waals surface area contributed by atoms with Crippen LogP contribution in [0.25, 0.3) is 0 Å². The van der Waals surface area contributed by atoms with E-state index in [1.807, 2.05) is 0 Å². The number of phenols is 1. The molecule has 2 heterocycles. The van der Waals surface area contributed by atoms with Crippen molar-refractivity contribution < 1.29 is 34.2 Å². The SMILES string of the molecule is CC[C@]1(C)NC(=O)[C@H](CCCCCC(=O)[C@@H](C)O)NC(=O)[C@H]2CCCN2C(=O)[C@H](Cc2ccc(O)cc2)NC1=O. The molecule has 3 rings (SSSR count). The fourth-order valence-electron chi connectivity index (χ4n) is 5.12. The van der Waals surface area contributed by atoms with Crippen LogP contribution in [0, 0.1) is 0 Å². The monoisotopic (exact) mass is 558 g/mol. The standard InChI is InChI=1S/C29H42N4O7/c1-4-29(3)28(40)31-22(17-19-12-14-20(35)15-13-19)27(39)33-16-8-10-23(33)26(38)30-21(25(37)32-29)9-6-5-7-11-24(36)18(2)34/h12-15,18,21-23,34-35H,4-11,16-17H2,1-3H3,(H,30,38)(H,31,40)(H,32,37)/t18-,21+,22+,23-,29+/m1/s1. The second kappa shape index (κ2) is 13.7. The molecule has 2 fully saturated rings. The Bertz CT molecular complexity index is 1090. The Labute approximate surface area is 235 Å². The van der Waals surface area contributed by atoms with Gasteiger partial charge in [0.25, 0.3) is 0 Å². The van der Waals surface area contributed by atoms with E-state index in [4.69, 9.17) is 0 Å². The summed E-state index contributed by atoms with van der Waals surface area (Å²) in [7, 11) is 0. The first-order valence-electron chi connectivity index (χ1n) is 14.2. The number of aliphatic hydroxyl groups excluding tert-OH is 1. The van der Waals surface area contributed by atoms with E-state index < -0.39 is 47.5 Å². The van der Waals surface area contributed by atoms with Gasteiger partial charge in [0.2, 0.25) is 23.6 Å². The van der Waals surface area contributed by atoms with Gasteiger partial charge in [-0.2, -0.15) is 0 Å². The Morgan fingerprint density at radius 2 is 1.75 bits per heavy atom. The number of aliphatic hydroxyl groups is 1. The highest BCUT2D eigenvalue weighted by Crippen LogP contribution is 2.22. The molecule has 0 unspecified atom stereocenters. The number of amides is 4. The highest BCUT2D eigenvalue weighted by atomic mass is 16.3. The summed E-state index contributed by atoms with van der Waals surface area (Å²) in [4.78, 5) is 67.3. The Hall–Kier alpha value is -3.47. The Kier molecular flexibility index (Phi) is 10.7. The third kappa shape index (κ3) is 7.80. The number of carbonyl (C=O) groups is 5. The minimum absolute atomic E-state index is 0.0816. The Morgan fingerprint density at radius 3 is 2.40 bits per heavy atom. The average molecular weight is 559 g/mol. The van der Waals surface area contributed by atoms with Gasteiger partial charge >= 0.3 is 0 Å². The summed E-state index contributed by atoms with van der Waals surface area (Å²) in [5.74, 6) is -1.93. The maximum atomic E-state index is 13.7. The summed E-state index contributed by atoms with van der Waals surface area (Å²) in [6.45, 7) is 5.14. The van der Waals surface area contributed by atoms with Crippen LogP contribution in [-0.4, -0.2) is 80.8 Å². The number of ketones is 1. The van der Waals surface area contributed by atoms with E-state index in [1.165, 1.54) is 24.0 Å². The molecule has 0 spiro atoms. The number of unbranched alkanes of at least 4 members (excludes halogenated alkanes) is 2. The molecule has 2 saturated heterocycles. The average Bonchev–Trinajstić information content (AvgIpc) is 3.41. The van der Waals surface area contributed by atoms with Crippen molar-refractivity contribution in [1.82, 2.24) is 20.9 Å². The van der Waals surface area contributed by atoms with Crippen molar-refractivity contribution in [3.63, 3.8) is 0 Å². The molecule has 0 radical (unpaired) electrons. The first-order valence-corrected chi connectivity index (χ1v) is 14.2. The summed E-state index contributed by atoms with van der Waals surface area (Å²) in [6, 6.07) is 3.71. The summed E-state index contributed by atoms with van der Waals surface area (Å²) in [6.07, 6.45) is 2.71. The van der Waals surface area contributed by atoms with Crippen LogP contribution >= 0.6 is 0 Å². The Balaban J connectivity index is 1.82. The molecule has 5 atom stereocenters. The zero-order valence-corrected chi connectivity index (χ0v) is 23.6. The molecule has 0 aliphatic carbocycles. The van der Waals surface area contributed by atoms with Gasteiger partial charge in [-0.15, -0.1) is 0 Å². The van der Waals surface area contributed by atoms with Crippen LogP contribution in [0.4, 0.5) is 0 Å². The largest absolute Gasteiger partial charge is 0.508 e. The van der Waals surface area contributed by atoms with Crippen molar-refractivity contribution in [3.8, 4) is 5.75 Å². The second-order valence-electron chi connectivity index (χ2n) is 11.1. The van der Waals surface area contributed by atoms with Gasteiger partial charge in [-0.05, 0) is 63.6 Å². The van der Waals surface area contributed by atoms with Gasteiger partial charge in [0.05, 0.1) is 0 Å². The van der Waals surface area contributed by atoms with Crippen molar-refractivity contribution in [3.05, 3.63) is 29.8 Å². The molecule has 2 aliphatic heterocycles. The van der Waals surface area contributed by atoms with Crippen LogP contribution in [0.5, 0.6) is 5.75 Å². The molecule has 4 amide bonds. The lowest BCUT2D eigenvalue weighted by Gasteiger charge is -2.36. The predicted octanol–water partition coefficient (Wildman–Crippen LogP) is 1.09. The van der Waals surface area contributed by atoms with Gasteiger partial charge < -0.3 is 31.1 Å². The lowest BCUT2D eigenvalue weighted by Crippen LogP contribution is -2.65. The fraction of sp³-hybridized carbons (Fsp3) is 0.621. The number of phenolic OH excluding ortho intramolecular Hbond substituents is 1. The van der Waals surface area contributed by atoms with Gasteiger partial charge in [0.15, 0.2) is 5.78 Å². The molecule has 0 aromatic heterocycles. The van der Waals surface area contributed by atoms with E-state index in [0.717, 1.165) is 5.56 Å². The summed E-state index contributed by atoms with van der Waals surface area (Å²) in [5.41, 5.74) is -0.609. The van der Waals surface area contributed by atoms with Crippen molar-refractivity contribution in [2.75, 3.05) is 6.54 Å². The molecule has 5 N–H and O–H groups in total. The van der Waals surface area contributed by atoms with E-state index in [2.05, 4.69) is 16.0 Å².